The standard InChI is InChI=1S/C10H10N2OSe/c11-10-12-9(13)8(14-10)6-7-4-2-1-3-5-7/h1-5,8H,6H2,(H2,11,12,13)/t8-/m1/s1. The second-order valence-electron chi connectivity index (χ2n) is 3.11. The van der Waals surface area contributed by atoms with E-state index in [1.807, 2.05) is 30.3 Å². The molecule has 4 heteroatoms. The number of amides is 1. The predicted molar refractivity (Wildman–Crippen MR) is 55.5 cm³/mol. The molecule has 1 amide bonds. The van der Waals surface area contributed by atoms with Crippen LogP contribution in [0.1, 0.15) is 5.56 Å². The SMILES string of the molecule is N=C1NC(=O)[C@@H](Cc2ccccc2)[Se]1. The third-order valence-corrected chi connectivity index (χ3v) is 4.16. The summed E-state index contributed by atoms with van der Waals surface area (Å²) in [6.45, 7) is 0. The molecule has 1 fully saturated rings. The third kappa shape index (κ3) is 2.03. The fourth-order valence-electron chi connectivity index (χ4n) is 1.38. The summed E-state index contributed by atoms with van der Waals surface area (Å²) in [6.07, 6.45) is 0.759. The van der Waals surface area contributed by atoms with E-state index in [-0.39, 0.29) is 25.7 Å². The number of carbonyl (C=O) groups excluding carboxylic acids is 1. The van der Waals surface area contributed by atoms with Crippen LogP contribution in [0, 0.1) is 5.41 Å². The summed E-state index contributed by atoms with van der Waals surface area (Å²) < 4.78 is 0.406. The number of benzene rings is 1. The van der Waals surface area contributed by atoms with Crippen LogP contribution >= 0.6 is 0 Å². The monoisotopic (exact) mass is 254 g/mol. The first-order valence-electron chi connectivity index (χ1n) is 4.36. The first-order valence-corrected chi connectivity index (χ1v) is 6.20. The Kier molecular flexibility index (Phi) is 2.66. The molecule has 1 atom stereocenters. The van der Waals surface area contributed by atoms with Crippen LogP contribution < -0.4 is 5.32 Å². The average Bonchev–Trinajstić information content (AvgIpc) is 2.47. The Bertz CT molecular complexity index is 364. The van der Waals surface area contributed by atoms with Crippen LogP contribution in [0.2, 0.25) is 4.82 Å². The van der Waals surface area contributed by atoms with Crippen LogP contribution in [0.3, 0.4) is 0 Å². The molecule has 2 rings (SSSR count). The van der Waals surface area contributed by atoms with Crippen molar-refractivity contribution in [1.82, 2.24) is 5.32 Å². The number of hydrogen-bond donors (Lipinski definition) is 2. The molecular weight excluding hydrogens is 243 g/mol. The molecule has 0 aliphatic carbocycles. The minimum absolute atomic E-state index is 0.00702. The molecule has 0 saturated carbocycles. The predicted octanol–water partition coefficient (Wildman–Crippen LogP) is 0.786. The van der Waals surface area contributed by atoms with E-state index in [1.54, 1.807) is 0 Å². The van der Waals surface area contributed by atoms with E-state index >= 15 is 0 Å². The third-order valence-electron chi connectivity index (χ3n) is 2.05. The van der Waals surface area contributed by atoms with E-state index in [0.29, 0.717) is 4.73 Å². The van der Waals surface area contributed by atoms with Gasteiger partial charge in [0.2, 0.25) is 0 Å². The topological polar surface area (TPSA) is 53.0 Å². The molecule has 1 saturated heterocycles. The molecule has 0 unspecified atom stereocenters. The fourth-order valence-corrected chi connectivity index (χ4v) is 3.24. The molecule has 1 heterocycles. The molecular formula is C10H10N2OSe. The van der Waals surface area contributed by atoms with E-state index < -0.39 is 0 Å². The van der Waals surface area contributed by atoms with Crippen LogP contribution in [-0.4, -0.2) is 25.6 Å². The molecule has 0 bridgehead atoms. The van der Waals surface area contributed by atoms with Crippen molar-refractivity contribution in [2.24, 2.45) is 0 Å². The van der Waals surface area contributed by atoms with Gasteiger partial charge < -0.3 is 0 Å². The Morgan fingerprint density at radius 1 is 1.36 bits per heavy atom. The van der Waals surface area contributed by atoms with Crippen LogP contribution in [0.15, 0.2) is 30.3 Å². The van der Waals surface area contributed by atoms with E-state index in [1.165, 1.54) is 5.56 Å². The zero-order valence-corrected chi connectivity index (χ0v) is 9.20. The summed E-state index contributed by atoms with van der Waals surface area (Å²) in [4.78, 5) is 11.4. The van der Waals surface area contributed by atoms with Gasteiger partial charge in [-0.25, -0.2) is 0 Å². The summed E-state index contributed by atoms with van der Waals surface area (Å²) in [6, 6.07) is 9.95. The zero-order chi connectivity index (χ0) is 9.97. The number of hydrogen-bond acceptors (Lipinski definition) is 2. The molecule has 1 aromatic rings. The summed E-state index contributed by atoms with van der Waals surface area (Å²) in [5.41, 5.74) is 1.17. The zero-order valence-electron chi connectivity index (χ0n) is 7.49. The Hall–Kier alpha value is -1.12. The van der Waals surface area contributed by atoms with Crippen molar-refractivity contribution in [3.05, 3.63) is 35.9 Å². The van der Waals surface area contributed by atoms with E-state index in [4.69, 9.17) is 5.41 Å². The van der Waals surface area contributed by atoms with Gasteiger partial charge in [0.15, 0.2) is 0 Å². The summed E-state index contributed by atoms with van der Waals surface area (Å²) in [5, 5.41) is 9.93. The van der Waals surface area contributed by atoms with E-state index in [0.717, 1.165) is 6.42 Å². The first kappa shape index (κ1) is 9.44. The molecule has 14 heavy (non-hydrogen) atoms. The molecule has 1 aliphatic rings. The van der Waals surface area contributed by atoms with Crippen molar-refractivity contribution in [1.29, 1.82) is 5.41 Å². The van der Waals surface area contributed by atoms with Gasteiger partial charge in [-0.2, -0.15) is 0 Å². The van der Waals surface area contributed by atoms with Crippen LogP contribution in [0.5, 0.6) is 0 Å². The van der Waals surface area contributed by atoms with Crippen LogP contribution in [0.25, 0.3) is 0 Å². The fraction of sp³-hybridized carbons (Fsp3) is 0.200. The molecule has 2 N–H and O–H groups in total. The van der Waals surface area contributed by atoms with Crippen molar-refractivity contribution in [2.75, 3.05) is 0 Å². The second kappa shape index (κ2) is 3.94. The van der Waals surface area contributed by atoms with Crippen molar-refractivity contribution in [3.63, 3.8) is 0 Å². The van der Waals surface area contributed by atoms with Crippen molar-refractivity contribution < 1.29 is 4.79 Å². The van der Waals surface area contributed by atoms with Gasteiger partial charge in [-0.05, 0) is 0 Å². The van der Waals surface area contributed by atoms with Gasteiger partial charge in [0.1, 0.15) is 0 Å². The number of nitrogens with one attached hydrogen (secondary N) is 2. The molecule has 0 radical (unpaired) electrons. The van der Waals surface area contributed by atoms with Gasteiger partial charge in [-0.1, -0.05) is 0 Å². The summed E-state index contributed by atoms with van der Waals surface area (Å²) in [7, 11) is 0. The maximum absolute atomic E-state index is 11.4. The molecule has 1 aromatic carbocycles. The van der Waals surface area contributed by atoms with Gasteiger partial charge in [0.25, 0.3) is 0 Å². The van der Waals surface area contributed by atoms with Gasteiger partial charge in [-0.3, -0.25) is 0 Å². The van der Waals surface area contributed by atoms with Crippen LogP contribution in [-0.2, 0) is 11.2 Å². The van der Waals surface area contributed by atoms with Gasteiger partial charge >= 0.3 is 88.3 Å². The van der Waals surface area contributed by atoms with Crippen molar-refractivity contribution in [3.8, 4) is 0 Å². The molecule has 72 valence electrons. The van der Waals surface area contributed by atoms with Gasteiger partial charge in [0.05, 0.1) is 0 Å². The van der Waals surface area contributed by atoms with Gasteiger partial charge in [-0.15, -0.1) is 0 Å². The summed E-state index contributed by atoms with van der Waals surface area (Å²) >= 11 is -0.00702. The Labute approximate surface area is 88.6 Å². The minimum atomic E-state index is -0.00702. The molecule has 0 aromatic heterocycles. The average molecular weight is 253 g/mol. The first-order chi connectivity index (χ1) is 6.75. The van der Waals surface area contributed by atoms with Crippen LogP contribution in [0.4, 0.5) is 0 Å². The Balaban J connectivity index is 2.05. The van der Waals surface area contributed by atoms with Crippen molar-refractivity contribution in [2.45, 2.75) is 11.2 Å². The molecule has 0 spiro atoms. The van der Waals surface area contributed by atoms with E-state index in [2.05, 4.69) is 5.32 Å². The summed E-state index contributed by atoms with van der Waals surface area (Å²) in [5.74, 6) is 0.0128. The van der Waals surface area contributed by atoms with E-state index in [9.17, 15) is 4.79 Å². The van der Waals surface area contributed by atoms with Crippen molar-refractivity contribution >= 4 is 25.6 Å². The molecule has 3 nitrogen and oxygen atoms in total. The quantitative estimate of drug-likeness (QED) is 0.752. The Morgan fingerprint density at radius 2 is 2.07 bits per heavy atom. The molecule has 1 aliphatic heterocycles. The maximum atomic E-state index is 11.4. The number of carbonyl (C=O) groups is 1. The second-order valence-corrected chi connectivity index (χ2v) is 5.66. The number of rotatable bonds is 2. The number of amidine groups is 1. The Morgan fingerprint density at radius 3 is 2.64 bits per heavy atom. The normalized spacial score (nSPS) is 21.0. The van der Waals surface area contributed by atoms with Gasteiger partial charge in [0, 0.05) is 0 Å².